The van der Waals surface area contributed by atoms with Gasteiger partial charge in [0.15, 0.2) is 11.5 Å². The van der Waals surface area contributed by atoms with Crippen molar-refractivity contribution in [2.24, 2.45) is 0 Å². The number of aryl methyl sites for hydroxylation is 1. The van der Waals surface area contributed by atoms with Crippen molar-refractivity contribution in [1.82, 2.24) is 5.32 Å². The summed E-state index contributed by atoms with van der Waals surface area (Å²) >= 11 is 0. The highest BCUT2D eigenvalue weighted by atomic mass is 16.6. The van der Waals surface area contributed by atoms with Gasteiger partial charge in [-0.3, -0.25) is 5.32 Å². The first-order chi connectivity index (χ1) is 12.0. The van der Waals surface area contributed by atoms with Gasteiger partial charge in [-0.2, -0.15) is 0 Å². The van der Waals surface area contributed by atoms with E-state index < -0.39 is 23.4 Å². The summed E-state index contributed by atoms with van der Waals surface area (Å²) in [4.78, 5) is 23.3. The fourth-order valence-corrected chi connectivity index (χ4v) is 2.16. The quantitative estimate of drug-likeness (QED) is 0.603. The second-order valence-electron chi connectivity index (χ2n) is 6.71. The molecule has 1 aromatic carbocycles. The van der Waals surface area contributed by atoms with Crippen LogP contribution in [0.3, 0.4) is 0 Å². The van der Waals surface area contributed by atoms with E-state index in [0.29, 0.717) is 18.1 Å². The molecule has 0 aliphatic heterocycles. The third kappa shape index (κ3) is 6.44. The predicted molar refractivity (Wildman–Crippen MR) is 94.4 cm³/mol. The van der Waals surface area contributed by atoms with Crippen LogP contribution in [0.15, 0.2) is 18.2 Å². The lowest BCUT2D eigenvalue weighted by molar-refractivity contribution is -0.162. The molecule has 1 rings (SSSR count). The van der Waals surface area contributed by atoms with Gasteiger partial charge in [0.25, 0.3) is 0 Å². The van der Waals surface area contributed by atoms with Gasteiger partial charge in [-0.15, -0.1) is 0 Å². The number of nitrogens with one attached hydrogen (secondary N) is 1. The zero-order valence-electron chi connectivity index (χ0n) is 15.8. The summed E-state index contributed by atoms with van der Waals surface area (Å²) in [7, 11) is 1.50. The Balaban J connectivity index is 2.85. The second-order valence-corrected chi connectivity index (χ2v) is 6.71. The number of benzene rings is 1. The molecule has 1 aromatic rings. The van der Waals surface area contributed by atoms with Crippen molar-refractivity contribution in [1.29, 1.82) is 0 Å². The lowest BCUT2D eigenvalue weighted by Crippen LogP contribution is -2.55. The van der Waals surface area contributed by atoms with E-state index in [1.54, 1.807) is 39.0 Å². The maximum absolute atomic E-state index is 11.8. The molecule has 146 valence electrons. The number of carbonyl (C=O) groups excluding carboxylic acids is 1. The van der Waals surface area contributed by atoms with Crippen molar-refractivity contribution < 1.29 is 34.0 Å². The minimum absolute atomic E-state index is 0.182. The van der Waals surface area contributed by atoms with Crippen LogP contribution < -0.4 is 14.8 Å². The number of rotatable bonds is 8. The standard InChI is InChI=1S/C18H27NO7/c1-6-25-13-8-7-12(11-14(13)24-5)9-10-18(23,15(20)21)19-16(22)26-17(2,3)4/h7-8,11,23H,6,9-10H2,1-5H3,(H,19,22)(H,20,21). The Morgan fingerprint density at radius 3 is 2.35 bits per heavy atom. The molecule has 0 aliphatic carbocycles. The molecular weight excluding hydrogens is 342 g/mol. The SMILES string of the molecule is CCOc1ccc(CCC(O)(NC(=O)OC(C)(C)C)C(=O)O)cc1OC. The maximum atomic E-state index is 11.8. The monoisotopic (exact) mass is 369 g/mol. The molecule has 3 N–H and O–H groups in total. The highest BCUT2D eigenvalue weighted by Crippen LogP contribution is 2.29. The average Bonchev–Trinajstić information content (AvgIpc) is 2.52. The van der Waals surface area contributed by atoms with Gasteiger partial charge in [0.05, 0.1) is 13.7 Å². The van der Waals surface area contributed by atoms with Crippen LogP contribution in [-0.4, -0.2) is 47.3 Å². The van der Waals surface area contributed by atoms with E-state index in [4.69, 9.17) is 14.2 Å². The molecule has 0 saturated carbocycles. The zero-order chi connectivity index (χ0) is 20.0. The van der Waals surface area contributed by atoms with Crippen LogP contribution >= 0.6 is 0 Å². The molecule has 0 fully saturated rings. The molecule has 0 heterocycles. The number of carboxylic acids is 1. The van der Waals surface area contributed by atoms with Gasteiger partial charge in [0, 0.05) is 6.42 Å². The van der Waals surface area contributed by atoms with Gasteiger partial charge in [-0.05, 0) is 51.8 Å². The van der Waals surface area contributed by atoms with Gasteiger partial charge < -0.3 is 24.4 Å². The first-order valence-electron chi connectivity index (χ1n) is 8.27. The number of carboxylic acid groups (broad SMARTS) is 1. The summed E-state index contributed by atoms with van der Waals surface area (Å²) in [6.45, 7) is 7.24. The normalized spacial score (nSPS) is 13.5. The second kappa shape index (κ2) is 8.75. The molecule has 26 heavy (non-hydrogen) atoms. The molecule has 8 heteroatoms. The van der Waals surface area contributed by atoms with Crippen molar-refractivity contribution >= 4 is 12.1 Å². The Morgan fingerprint density at radius 1 is 1.19 bits per heavy atom. The Labute approximate surface area is 153 Å². The molecule has 0 radical (unpaired) electrons. The summed E-state index contributed by atoms with van der Waals surface area (Å²) in [5.41, 5.74) is -2.55. The number of ether oxygens (including phenoxy) is 3. The number of hydrogen-bond acceptors (Lipinski definition) is 6. The number of carbonyl (C=O) groups is 2. The average molecular weight is 369 g/mol. The van der Waals surface area contributed by atoms with Crippen molar-refractivity contribution in [2.75, 3.05) is 13.7 Å². The summed E-state index contributed by atoms with van der Waals surface area (Å²) in [5.74, 6) is -0.497. The number of hydrogen-bond donors (Lipinski definition) is 3. The molecule has 1 amide bonds. The summed E-state index contributed by atoms with van der Waals surface area (Å²) < 4.78 is 15.7. The number of alkyl carbamates (subject to hydrolysis) is 1. The highest BCUT2D eigenvalue weighted by molar-refractivity contribution is 5.82. The third-order valence-electron chi connectivity index (χ3n) is 3.36. The lowest BCUT2D eigenvalue weighted by atomic mass is 10.0. The minimum Gasteiger partial charge on any atom is -0.493 e. The summed E-state index contributed by atoms with van der Waals surface area (Å²) in [5, 5.41) is 21.6. The maximum Gasteiger partial charge on any atom is 0.410 e. The van der Waals surface area contributed by atoms with E-state index in [1.165, 1.54) is 7.11 Å². The van der Waals surface area contributed by atoms with Crippen LogP contribution in [0.1, 0.15) is 39.7 Å². The molecule has 0 bridgehead atoms. The molecule has 1 unspecified atom stereocenters. The molecule has 0 aromatic heterocycles. The van der Waals surface area contributed by atoms with Crippen molar-refractivity contribution in [2.45, 2.75) is 51.9 Å². The topological polar surface area (TPSA) is 114 Å². The number of aliphatic hydroxyl groups is 1. The summed E-state index contributed by atoms with van der Waals surface area (Å²) in [6, 6.07) is 5.14. The minimum atomic E-state index is -2.45. The lowest BCUT2D eigenvalue weighted by Gasteiger charge is -2.27. The van der Waals surface area contributed by atoms with E-state index in [2.05, 4.69) is 0 Å². The smallest absolute Gasteiger partial charge is 0.410 e. The Morgan fingerprint density at radius 2 is 1.85 bits per heavy atom. The first kappa shape index (κ1) is 21.6. The Bertz CT molecular complexity index is 639. The van der Waals surface area contributed by atoms with Gasteiger partial charge in [-0.25, -0.2) is 9.59 Å². The Kier molecular flexibility index (Phi) is 7.26. The fraction of sp³-hybridized carbons (Fsp3) is 0.556. The van der Waals surface area contributed by atoms with E-state index in [0.717, 1.165) is 5.56 Å². The molecule has 0 aliphatic rings. The van der Waals surface area contributed by atoms with Crippen molar-refractivity contribution in [3.8, 4) is 11.5 Å². The number of methoxy groups -OCH3 is 1. The van der Waals surface area contributed by atoms with Crippen molar-refractivity contribution in [3.05, 3.63) is 23.8 Å². The van der Waals surface area contributed by atoms with Gasteiger partial charge in [0.1, 0.15) is 5.60 Å². The van der Waals surface area contributed by atoms with Gasteiger partial charge in [0.2, 0.25) is 5.72 Å². The zero-order valence-corrected chi connectivity index (χ0v) is 15.8. The van der Waals surface area contributed by atoms with Crippen LogP contribution in [0, 0.1) is 0 Å². The largest absolute Gasteiger partial charge is 0.493 e. The van der Waals surface area contributed by atoms with E-state index >= 15 is 0 Å². The van der Waals surface area contributed by atoms with E-state index in [9.17, 15) is 19.8 Å². The number of aliphatic carboxylic acids is 1. The third-order valence-corrected chi connectivity index (χ3v) is 3.36. The highest BCUT2D eigenvalue weighted by Gasteiger charge is 2.38. The van der Waals surface area contributed by atoms with Crippen LogP contribution in [0.5, 0.6) is 11.5 Å². The van der Waals surface area contributed by atoms with Crippen molar-refractivity contribution in [3.63, 3.8) is 0 Å². The van der Waals surface area contributed by atoms with Crippen LogP contribution in [0.4, 0.5) is 4.79 Å². The van der Waals surface area contributed by atoms with Crippen LogP contribution in [0.2, 0.25) is 0 Å². The molecule has 1 atom stereocenters. The van der Waals surface area contributed by atoms with Gasteiger partial charge in [-0.1, -0.05) is 6.07 Å². The molecular formula is C18H27NO7. The number of amides is 1. The van der Waals surface area contributed by atoms with Crippen LogP contribution in [-0.2, 0) is 16.0 Å². The summed E-state index contributed by atoms with van der Waals surface area (Å²) in [6.07, 6.45) is -1.08. The fourth-order valence-electron chi connectivity index (χ4n) is 2.16. The van der Waals surface area contributed by atoms with Crippen LogP contribution in [0.25, 0.3) is 0 Å². The first-order valence-corrected chi connectivity index (χ1v) is 8.27. The van der Waals surface area contributed by atoms with E-state index in [1.807, 2.05) is 12.2 Å². The Hall–Kier alpha value is -2.48. The van der Waals surface area contributed by atoms with E-state index in [-0.39, 0.29) is 12.8 Å². The molecule has 0 spiro atoms. The molecule has 0 saturated heterocycles. The molecule has 8 nitrogen and oxygen atoms in total. The van der Waals surface area contributed by atoms with Gasteiger partial charge >= 0.3 is 12.1 Å². The predicted octanol–water partition coefficient (Wildman–Crippen LogP) is 2.32.